The maximum absolute atomic E-state index is 13.2. The van der Waals surface area contributed by atoms with Crippen LogP contribution in [0.3, 0.4) is 0 Å². The molecule has 1 aromatic carbocycles. The van der Waals surface area contributed by atoms with E-state index < -0.39 is 0 Å². The van der Waals surface area contributed by atoms with Crippen molar-refractivity contribution in [2.45, 2.75) is 43.7 Å². The second-order valence-electron chi connectivity index (χ2n) is 7.07. The summed E-state index contributed by atoms with van der Waals surface area (Å²) in [5, 5.41) is 3.68. The zero-order valence-corrected chi connectivity index (χ0v) is 14.5. The van der Waals surface area contributed by atoms with Gasteiger partial charge < -0.3 is 10.2 Å². The van der Waals surface area contributed by atoms with Crippen LogP contribution in [0.25, 0.3) is 0 Å². The average Bonchev–Trinajstić information content (AvgIpc) is 2.91. The van der Waals surface area contributed by atoms with E-state index in [1.54, 1.807) is 6.20 Å². The van der Waals surface area contributed by atoms with Crippen LogP contribution in [-0.4, -0.2) is 41.0 Å². The molecule has 2 aromatic rings. The molecule has 0 bridgehead atoms. The van der Waals surface area contributed by atoms with Crippen LogP contribution in [0.15, 0.2) is 54.7 Å². The van der Waals surface area contributed by atoms with Crippen LogP contribution in [0.4, 0.5) is 0 Å². The Kier molecular flexibility index (Phi) is 4.79. The summed E-state index contributed by atoms with van der Waals surface area (Å²) < 4.78 is 0. The van der Waals surface area contributed by atoms with Gasteiger partial charge in [0.1, 0.15) is 5.69 Å². The van der Waals surface area contributed by atoms with Crippen molar-refractivity contribution in [2.24, 2.45) is 0 Å². The quantitative estimate of drug-likeness (QED) is 0.916. The summed E-state index contributed by atoms with van der Waals surface area (Å²) in [4.78, 5) is 19.6. The molecule has 4 heteroatoms. The molecule has 2 aliphatic heterocycles. The first kappa shape index (κ1) is 16.3. The number of nitrogens with zero attached hydrogens (tertiary/aromatic N) is 2. The molecule has 3 heterocycles. The molecular formula is C21H25N3O. The Labute approximate surface area is 149 Å². The molecule has 2 fully saturated rings. The van der Waals surface area contributed by atoms with Crippen molar-refractivity contribution in [1.82, 2.24) is 15.2 Å². The third kappa shape index (κ3) is 3.31. The van der Waals surface area contributed by atoms with Gasteiger partial charge in [0, 0.05) is 24.7 Å². The molecule has 1 N–H and O–H groups in total. The highest BCUT2D eigenvalue weighted by Crippen LogP contribution is 2.35. The molecule has 0 saturated carbocycles. The van der Waals surface area contributed by atoms with E-state index in [2.05, 4.69) is 45.5 Å². The Morgan fingerprint density at radius 1 is 1.04 bits per heavy atom. The molecule has 4 nitrogen and oxygen atoms in total. The van der Waals surface area contributed by atoms with Gasteiger partial charge in [-0.15, -0.1) is 0 Å². The number of likely N-dealkylation sites (tertiary alicyclic amines) is 1. The van der Waals surface area contributed by atoms with Crippen LogP contribution in [0.2, 0.25) is 0 Å². The van der Waals surface area contributed by atoms with Gasteiger partial charge in [-0.25, -0.2) is 0 Å². The van der Waals surface area contributed by atoms with Crippen molar-refractivity contribution in [3.8, 4) is 0 Å². The number of rotatable bonds is 2. The highest BCUT2D eigenvalue weighted by Gasteiger charge is 2.41. The van der Waals surface area contributed by atoms with E-state index in [0.29, 0.717) is 17.7 Å². The smallest absolute Gasteiger partial charge is 0.272 e. The number of piperidine rings is 1. The summed E-state index contributed by atoms with van der Waals surface area (Å²) >= 11 is 0. The Morgan fingerprint density at radius 2 is 1.88 bits per heavy atom. The van der Waals surface area contributed by atoms with E-state index in [0.717, 1.165) is 32.4 Å². The standard InChI is InChI=1S/C21H25N3O/c25-21(19-11-4-6-13-22-19)24-15-7-5-10-18-20(24)17(12-14-23-18)16-8-2-1-3-9-16/h1-4,6,8-9,11,13,17-18,20,23H,5,7,10,12,14-15H2/t17-,18-,20-/m1/s1. The lowest BCUT2D eigenvalue weighted by Crippen LogP contribution is -2.57. The van der Waals surface area contributed by atoms with Crippen molar-refractivity contribution in [3.05, 3.63) is 66.0 Å². The Hall–Kier alpha value is -2.20. The molecular weight excluding hydrogens is 310 g/mol. The fourth-order valence-electron chi connectivity index (χ4n) is 4.44. The third-order valence-electron chi connectivity index (χ3n) is 5.58. The molecule has 0 radical (unpaired) electrons. The number of nitrogens with one attached hydrogen (secondary N) is 1. The normalized spacial score (nSPS) is 26.6. The predicted molar refractivity (Wildman–Crippen MR) is 98.5 cm³/mol. The highest BCUT2D eigenvalue weighted by atomic mass is 16.2. The van der Waals surface area contributed by atoms with Gasteiger partial charge in [-0.2, -0.15) is 0 Å². The van der Waals surface area contributed by atoms with Gasteiger partial charge in [-0.3, -0.25) is 9.78 Å². The number of carbonyl (C=O) groups excluding carboxylic acids is 1. The minimum Gasteiger partial charge on any atom is -0.332 e. The first-order valence-electron chi connectivity index (χ1n) is 9.35. The van der Waals surface area contributed by atoms with Crippen LogP contribution in [0, 0.1) is 0 Å². The molecule has 1 aromatic heterocycles. The molecule has 2 aliphatic rings. The average molecular weight is 335 g/mol. The monoisotopic (exact) mass is 335 g/mol. The zero-order chi connectivity index (χ0) is 17.1. The number of hydrogen-bond acceptors (Lipinski definition) is 3. The number of hydrogen-bond donors (Lipinski definition) is 1. The second kappa shape index (κ2) is 7.36. The number of aromatic nitrogens is 1. The van der Waals surface area contributed by atoms with Crippen LogP contribution in [-0.2, 0) is 0 Å². The first-order chi connectivity index (χ1) is 12.3. The van der Waals surface area contributed by atoms with Crippen LogP contribution < -0.4 is 5.32 Å². The van der Waals surface area contributed by atoms with E-state index in [4.69, 9.17) is 0 Å². The van der Waals surface area contributed by atoms with Crippen LogP contribution >= 0.6 is 0 Å². The fourth-order valence-corrected chi connectivity index (χ4v) is 4.44. The van der Waals surface area contributed by atoms with E-state index >= 15 is 0 Å². The van der Waals surface area contributed by atoms with Crippen molar-refractivity contribution >= 4 is 5.91 Å². The molecule has 0 spiro atoms. The van der Waals surface area contributed by atoms with E-state index in [-0.39, 0.29) is 11.9 Å². The molecule has 2 saturated heterocycles. The maximum atomic E-state index is 13.2. The number of fused-ring (bicyclic) bond motifs is 1. The SMILES string of the molecule is O=C(c1ccccn1)N1CCCC[C@H]2NCC[C@H](c3ccccc3)[C@H]21. The summed E-state index contributed by atoms with van der Waals surface area (Å²) in [5.74, 6) is 0.459. The Bertz CT molecular complexity index is 704. The lowest BCUT2D eigenvalue weighted by molar-refractivity contribution is 0.0569. The second-order valence-corrected chi connectivity index (χ2v) is 7.07. The predicted octanol–water partition coefficient (Wildman–Crippen LogP) is 3.22. The van der Waals surface area contributed by atoms with Gasteiger partial charge in [0.15, 0.2) is 0 Å². The lowest BCUT2D eigenvalue weighted by Gasteiger charge is -2.44. The molecule has 25 heavy (non-hydrogen) atoms. The number of amides is 1. The molecule has 3 atom stereocenters. The van der Waals surface area contributed by atoms with Crippen LogP contribution in [0.1, 0.15) is 47.7 Å². The van der Waals surface area contributed by atoms with Gasteiger partial charge in [0.25, 0.3) is 5.91 Å². The van der Waals surface area contributed by atoms with E-state index in [1.165, 1.54) is 12.0 Å². The lowest BCUT2D eigenvalue weighted by atomic mass is 9.80. The number of benzene rings is 1. The number of pyridine rings is 1. The van der Waals surface area contributed by atoms with E-state index in [1.807, 2.05) is 18.2 Å². The maximum Gasteiger partial charge on any atom is 0.272 e. The Morgan fingerprint density at radius 3 is 2.68 bits per heavy atom. The first-order valence-corrected chi connectivity index (χ1v) is 9.35. The topological polar surface area (TPSA) is 45.2 Å². The molecule has 0 aliphatic carbocycles. The van der Waals surface area contributed by atoms with Crippen LogP contribution in [0.5, 0.6) is 0 Å². The summed E-state index contributed by atoms with van der Waals surface area (Å²) in [6.07, 6.45) is 6.14. The van der Waals surface area contributed by atoms with Gasteiger partial charge in [-0.1, -0.05) is 42.8 Å². The molecule has 4 rings (SSSR count). The minimum absolute atomic E-state index is 0.0714. The van der Waals surface area contributed by atoms with Gasteiger partial charge in [-0.05, 0) is 43.5 Å². The third-order valence-corrected chi connectivity index (χ3v) is 5.58. The summed E-state index contributed by atoms with van der Waals surface area (Å²) in [6, 6.07) is 16.8. The summed E-state index contributed by atoms with van der Waals surface area (Å²) in [7, 11) is 0. The van der Waals surface area contributed by atoms with Crippen molar-refractivity contribution in [3.63, 3.8) is 0 Å². The largest absolute Gasteiger partial charge is 0.332 e. The summed E-state index contributed by atoms with van der Waals surface area (Å²) in [6.45, 7) is 1.84. The highest BCUT2D eigenvalue weighted by molar-refractivity contribution is 5.92. The molecule has 0 unspecified atom stereocenters. The minimum atomic E-state index is 0.0714. The van der Waals surface area contributed by atoms with Gasteiger partial charge >= 0.3 is 0 Å². The fraction of sp³-hybridized carbons (Fsp3) is 0.429. The van der Waals surface area contributed by atoms with Gasteiger partial charge in [0.2, 0.25) is 0 Å². The van der Waals surface area contributed by atoms with Crippen molar-refractivity contribution in [1.29, 1.82) is 0 Å². The van der Waals surface area contributed by atoms with Crippen molar-refractivity contribution < 1.29 is 4.79 Å². The molecule has 1 amide bonds. The molecule has 130 valence electrons. The Balaban J connectivity index is 1.70. The zero-order valence-electron chi connectivity index (χ0n) is 14.5. The summed E-state index contributed by atoms with van der Waals surface area (Å²) in [5.41, 5.74) is 1.90. The van der Waals surface area contributed by atoms with Crippen molar-refractivity contribution in [2.75, 3.05) is 13.1 Å². The van der Waals surface area contributed by atoms with E-state index in [9.17, 15) is 4.79 Å². The number of carbonyl (C=O) groups is 1. The van der Waals surface area contributed by atoms with Gasteiger partial charge in [0.05, 0.1) is 6.04 Å².